The van der Waals surface area contributed by atoms with Gasteiger partial charge in [-0.3, -0.25) is 14.7 Å². The van der Waals surface area contributed by atoms with Gasteiger partial charge in [0.1, 0.15) is 5.79 Å². The molecule has 74 valence electrons. The van der Waals surface area contributed by atoms with E-state index in [1.54, 1.807) is 0 Å². The SMILES string of the molecule is CN(C)C(C[SiH3])(N(C)C)N(C)C. The molecule has 0 bridgehead atoms. The van der Waals surface area contributed by atoms with Crippen LogP contribution in [0.1, 0.15) is 0 Å². The van der Waals surface area contributed by atoms with Crippen LogP contribution in [-0.2, 0) is 0 Å². The Hall–Kier alpha value is 0.0969. The molecular weight excluding hydrogens is 166 g/mol. The first kappa shape index (κ1) is 12.1. The van der Waals surface area contributed by atoms with E-state index in [4.69, 9.17) is 0 Å². The number of rotatable bonds is 4. The summed E-state index contributed by atoms with van der Waals surface area (Å²) in [5.41, 5.74) is 0. The van der Waals surface area contributed by atoms with Crippen LogP contribution in [0, 0.1) is 0 Å². The van der Waals surface area contributed by atoms with E-state index >= 15 is 0 Å². The highest BCUT2D eigenvalue weighted by Gasteiger charge is 2.35. The summed E-state index contributed by atoms with van der Waals surface area (Å²) >= 11 is 0. The maximum Gasteiger partial charge on any atom is 0.126 e. The topological polar surface area (TPSA) is 9.72 Å². The summed E-state index contributed by atoms with van der Waals surface area (Å²) in [5, 5.41) is 0. The Balaban J connectivity index is 4.77. The first-order chi connectivity index (χ1) is 5.39. The molecule has 0 aliphatic heterocycles. The zero-order chi connectivity index (χ0) is 9.94. The molecule has 0 aromatic rings. The zero-order valence-electron chi connectivity index (χ0n) is 9.55. The Morgan fingerprint density at radius 1 is 0.833 bits per heavy atom. The van der Waals surface area contributed by atoms with Crippen molar-refractivity contribution in [2.45, 2.75) is 11.8 Å². The van der Waals surface area contributed by atoms with Crippen molar-refractivity contribution in [3.8, 4) is 0 Å². The summed E-state index contributed by atoms with van der Waals surface area (Å²) in [6.45, 7) is 0. The third-order valence-corrected chi connectivity index (χ3v) is 3.57. The average Bonchev–Trinajstić information content (AvgIpc) is 1.86. The van der Waals surface area contributed by atoms with E-state index in [2.05, 4.69) is 57.0 Å². The molecule has 12 heavy (non-hydrogen) atoms. The molecule has 0 aliphatic rings. The molecule has 0 aromatic heterocycles. The van der Waals surface area contributed by atoms with Crippen molar-refractivity contribution in [3.05, 3.63) is 0 Å². The zero-order valence-corrected chi connectivity index (χ0v) is 11.5. The summed E-state index contributed by atoms with van der Waals surface area (Å²) < 4.78 is 0. The molecule has 3 nitrogen and oxygen atoms in total. The van der Waals surface area contributed by atoms with Gasteiger partial charge in [-0.25, -0.2) is 0 Å². The molecule has 0 aromatic carbocycles. The Kier molecular flexibility index (Phi) is 4.40. The highest BCUT2D eigenvalue weighted by Crippen LogP contribution is 2.21. The van der Waals surface area contributed by atoms with Crippen LogP contribution in [0.15, 0.2) is 0 Å². The quantitative estimate of drug-likeness (QED) is 0.420. The first-order valence-electron chi connectivity index (χ1n) is 4.41. The Morgan fingerprint density at radius 2 is 1.08 bits per heavy atom. The Morgan fingerprint density at radius 3 is 1.08 bits per heavy atom. The summed E-state index contributed by atoms with van der Waals surface area (Å²) in [7, 11) is 14.0. The lowest BCUT2D eigenvalue weighted by molar-refractivity contribution is -0.0914. The third-order valence-electron chi connectivity index (χ3n) is 2.62. The van der Waals surface area contributed by atoms with Crippen molar-refractivity contribution in [1.29, 1.82) is 0 Å². The molecule has 0 N–H and O–H groups in total. The minimum atomic E-state index is 0.103. The van der Waals surface area contributed by atoms with Crippen LogP contribution < -0.4 is 0 Å². The Labute approximate surface area is 79.7 Å². The van der Waals surface area contributed by atoms with E-state index < -0.39 is 0 Å². The predicted molar refractivity (Wildman–Crippen MR) is 58.5 cm³/mol. The maximum absolute atomic E-state index is 2.28. The number of nitrogens with zero attached hydrogens (tertiary/aromatic N) is 3. The van der Waals surface area contributed by atoms with Gasteiger partial charge in [0.15, 0.2) is 0 Å². The summed E-state index contributed by atoms with van der Waals surface area (Å²) in [4.78, 5) is 6.83. The summed E-state index contributed by atoms with van der Waals surface area (Å²) in [5.74, 6) is 0.103. The lowest BCUT2D eigenvalue weighted by Gasteiger charge is -2.49. The van der Waals surface area contributed by atoms with Crippen molar-refractivity contribution in [1.82, 2.24) is 14.7 Å². The largest absolute Gasteiger partial charge is 0.279 e. The normalized spacial score (nSPS) is 13.8. The second kappa shape index (κ2) is 4.37. The van der Waals surface area contributed by atoms with Gasteiger partial charge in [0, 0.05) is 10.2 Å². The van der Waals surface area contributed by atoms with Gasteiger partial charge in [0.25, 0.3) is 0 Å². The van der Waals surface area contributed by atoms with Gasteiger partial charge in [-0.1, -0.05) is 0 Å². The van der Waals surface area contributed by atoms with Gasteiger partial charge < -0.3 is 0 Å². The van der Waals surface area contributed by atoms with Crippen LogP contribution in [0.25, 0.3) is 0 Å². The van der Waals surface area contributed by atoms with Crippen molar-refractivity contribution in [2.24, 2.45) is 0 Å². The molecule has 0 saturated carbocycles. The van der Waals surface area contributed by atoms with E-state index in [0.717, 1.165) is 0 Å². The molecule has 0 spiro atoms. The van der Waals surface area contributed by atoms with Crippen LogP contribution in [0.3, 0.4) is 0 Å². The van der Waals surface area contributed by atoms with Gasteiger partial charge >= 0.3 is 0 Å². The lowest BCUT2D eigenvalue weighted by Crippen LogP contribution is -2.63. The molecule has 4 heteroatoms. The van der Waals surface area contributed by atoms with Gasteiger partial charge in [0.05, 0.1) is 0 Å². The lowest BCUT2D eigenvalue weighted by atomic mass is 10.3. The van der Waals surface area contributed by atoms with E-state index in [1.165, 1.54) is 16.3 Å². The average molecular weight is 189 g/mol. The van der Waals surface area contributed by atoms with Gasteiger partial charge in [0.2, 0.25) is 0 Å². The van der Waals surface area contributed by atoms with Gasteiger partial charge in [-0.05, 0) is 48.3 Å². The van der Waals surface area contributed by atoms with E-state index in [1.807, 2.05) is 0 Å². The van der Waals surface area contributed by atoms with E-state index in [-0.39, 0.29) is 5.79 Å². The Bertz CT molecular complexity index is 112. The monoisotopic (exact) mass is 189 g/mol. The molecular formula is C8H23N3Si. The minimum Gasteiger partial charge on any atom is -0.279 e. The molecule has 0 atom stereocenters. The standard InChI is InChI=1S/C8H23N3Si/c1-9(2)8(7-12,10(3)4)11(5)6/h7H2,1-6,12H3. The van der Waals surface area contributed by atoms with Crippen LogP contribution in [0.5, 0.6) is 0 Å². The molecule has 0 amide bonds. The van der Waals surface area contributed by atoms with Crippen LogP contribution in [0.2, 0.25) is 6.04 Å². The number of hydrogen-bond donors (Lipinski definition) is 0. The second-order valence-electron chi connectivity index (χ2n) is 3.81. The third kappa shape index (κ3) is 1.88. The van der Waals surface area contributed by atoms with Crippen LogP contribution in [0.4, 0.5) is 0 Å². The van der Waals surface area contributed by atoms with E-state index in [0.29, 0.717) is 0 Å². The summed E-state index contributed by atoms with van der Waals surface area (Å²) in [6.07, 6.45) is 0. The smallest absolute Gasteiger partial charge is 0.126 e. The minimum absolute atomic E-state index is 0.103. The number of hydrogen-bond acceptors (Lipinski definition) is 3. The van der Waals surface area contributed by atoms with Crippen molar-refractivity contribution >= 4 is 10.2 Å². The fourth-order valence-electron chi connectivity index (χ4n) is 2.15. The highest BCUT2D eigenvalue weighted by molar-refractivity contribution is 6.09. The first-order valence-corrected chi connectivity index (χ1v) is 5.83. The van der Waals surface area contributed by atoms with Gasteiger partial charge in [-0.2, -0.15) is 0 Å². The van der Waals surface area contributed by atoms with E-state index in [9.17, 15) is 0 Å². The molecule has 0 fully saturated rings. The summed E-state index contributed by atoms with van der Waals surface area (Å²) in [6, 6.07) is 1.22. The molecule has 0 radical (unpaired) electrons. The molecule has 0 rings (SSSR count). The van der Waals surface area contributed by atoms with Crippen molar-refractivity contribution in [3.63, 3.8) is 0 Å². The fraction of sp³-hybridized carbons (Fsp3) is 1.00. The molecule has 0 aliphatic carbocycles. The van der Waals surface area contributed by atoms with Gasteiger partial charge in [-0.15, -0.1) is 0 Å². The highest BCUT2D eigenvalue weighted by atomic mass is 28.1. The van der Waals surface area contributed by atoms with Crippen molar-refractivity contribution < 1.29 is 0 Å². The molecule has 0 unspecified atom stereocenters. The van der Waals surface area contributed by atoms with Crippen molar-refractivity contribution in [2.75, 3.05) is 42.3 Å². The maximum atomic E-state index is 2.28. The van der Waals surface area contributed by atoms with Crippen LogP contribution >= 0.6 is 0 Å². The van der Waals surface area contributed by atoms with Crippen LogP contribution in [-0.4, -0.2) is 73.0 Å². The fourth-order valence-corrected chi connectivity index (χ4v) is 4.05. The predicted octanol–water partition coefficient (Wildman–Crippen LogP) is -0.891. The second-order valence-corrected chi connectivity index (χ2v) is 4.52. The molecule has 0 heterocycles. The molecule has 0 saturated heterocycles.